The van der Waals surface area contributed by atoms with E-state index in [1.54, 1.807) is 19.1 Å². The number of aryl methyl sites for hydroxylation is 1. The number of hydrogen-bond acceptors (Lipinski definition) is 3. The fourth-order valence-corrected chi connectivity index (χ4v) is 3.63. The Bertz CT molecular complexity index is 553. The van der Waals surface area contributed by atoms with Crippen LogP contribution in [0.3, 0.4) is 0 Å². The summed E-state index contributed by atoms with van der Waals surface area (Å²) in [6.45, 7) is 2.01. The molecule has 1 saturated carbocycles. The van der Waals surface area contributed by atoms with Gasteiger partial charge in [0.05, 0.1) is 4.90 Å². The molecule has 0 saturated heterocycles. The number of sulfonamides is 1. The minimum absolute atomic E-state index is 0.259. The van der Waals surface area contributed by atoms with Gasteiger partial charge in [-0.25, -0.2) is 13.1 Å². The van der Waals surface area contributed by atoms with Gasteiger partial charge < -0.3 is 5.73 Å². The van der Waals surface area contributed by atoms with Crippen LogP contribution in [-0.2, 0) is 10.0 Å². The molecule has 0 aromatic heterocycles. The molecule has 0 atom stereocenters. The van der Waals surface area contributed by atoms with Crippen LogP contribution in [0.1, 0.15) is 24.8 Å². The summed E-state index contributed by atoms with van der Waals surface area (Å²) in [5.74, 6) is 0. The third kappa shape index (κ3) is 2.85. The van der Waals surface area contributed by atoms with Crippen LogP contribution >= 0.6 is 11.6 Å². The molecular formula is C12H17ClN2O2S. The van der Waals surface area contributed by atoms with Gasteiger partial charge in [0.1, 0.15) is 0 Å². The topological polar surface area (TPSA) is 72.2 Å². The van der Waals surface area contributed by atoms with E-state index in [1.807, 2.05) is 0 Å². The molecule has 0 radical (unpaired) electrons. The lowest BCUT2D eigenvalue weighted by molar-refractivity contribution is 0.251. The highest BCUT2D eigenvalue weighted by Crippen LogP contribution is 2.29. The van der Waals surface area contributed by atoms with E-state index < -0.39 is 10.0 Å². The minimum Gasteiger partial charge on any atom is -0.324 e. The van der Waals surface area contributed by atoms with E-state index in [0.29, 0.717) is 10.6 Å². The Hall–Kier alpha value is -0.620. The van der Waals surface area contributed by atoms with Crippen molar-refractivity contribution in [3.05, 3.63) is 28.8 Å². The Morgan fingerprint density at radius 3 is 2.61 bits per heavy atom. The fourth-order valence-electron chi connectivity index (χ4n) is 2.04. The highest BCUT2D eigenvalue weighted by Gasteiger charge is 2.33. The first-order chi connectivity index (χ1) is 8.32. The average Bonchev–Trinajstić information content (AvgIpc) is 2.23. The molecule has 1 fully saturated rings. The lowest BCUT2D eigenvalue weighted by atomic mass is 9.78. The van der Waals surface area contributed by atoms with Gasteiger partial charge in [-0.15, -0.1) is 0 Å². The first-order valence-corrected chi connectivity index (χ1v) is 7.73. The second-order valence-electron chi connectivity index (χ2n) is 4.95. The predicted molar refractivity (Wildman–Crippen MR) is 72.1 cm³/mol. The molecule has 18 heavy (non-hydrogen) atoms. The van der Waals surface area contributed by atoms with E-state index in [2.05, 4.69) is 4.72 Å². The molecule has 3 N–H and O–H groups in total. The van der Waals surface area contributed by atoms with E-state index in [4.69, 9.17) is 17.3 Å². The summed E-state index contributed by atoms with van der Waals surface area (Å²) in [4.78, 5) is 0.259. The highest BCUT2D eigenvalue weighted by molar-refractivity contribution is 7.89. The Kier molecular flexibility index (Phi) is 3.69. The van der Waals surface area contributed by atoms with Crippen molar-refractivity contribution in [1.82, 2.24) is 4.72 Å². The zero-order valence-electron chi connectivity index (χ0n) is 10.2. The zero-order chi connectivity index (χ0) is 13.4. The Balaban J connectivity index is 2.15. The molecule has 0 aliphatic heterocycles. The van der Waals surface area contributed by atoms with Gasteiger partial charge in [-0.05, 0) is 49.9 Å². The maximum absolute atomic E-state index is 12.1. The summed E-state index contributed by atoms with van der Waals surface area (Å²) >= 11 is 5.81. The van der Waals surface area contributed by atoms with Gasteiger partial charge in [0, 0.05) is 17.1 Å². The van der Waals surface area contributed by atoms with Gasteiger partial charge in [0.15, 0.2) is 0 Å². The summed E-state index contributed by atoms with van der Waals surface area (Å²) < 4.78 is 26.9. The van der Waals surface area contributed by atoms with Crippen molar-refractivity contribution in [2.24, 2.45) is 5.73 Å². The van der Waals surface area contributed by atoms with Gasteiger partial charge >= 0.3 is 0 Å². The zero-order valence-corrected chi connectivity index (χ0v) is 11.8. The van der Waals surface area contributed by atoms with Crippen LogP contribution in [-0.4, -0.2) is 20.5 Å². The minimum atomic E-state index is -3.51. The van der Waals surface area contributed by atoms with Crippen molar-refractivity contribution in [2.75, 3.05) is 6.54 Å². The number of benzene rings is 1. The molecule has 1 aliphatic rings. The van der Waals surface area contributed by atoms with Crippen molar-refractivity contribution < 1.29 is 8.42 Å². The van der Waals surface area contributed by atoms with E-state index >= 15 is 0 Å². The molecule has 1 aliphatic carbocycles. The second-order valence-corrected chi connectivity index (χ2v) is 7.12. The Morgan fingerprint density at radius 1 is 1.44 bits per heavy atom. The second kappa shape index (κ2) is 4.81. The molecule has 1 aromatic carbocycles. The van der Waals surface area contributed by atoms with Crippen LogP contribution in [0.15, 0.2) is 23.1 Å². The fraction of sp³-hybridized carbons (Fsp3) is 0.500. The third-order valence-electron chi connectivity index (χ3n) is 3.39. The van der Waals surface area contributed by atoms with Crippen molar-refractivity contribution in [1.29, 1.82) is 0 Å². The van der Waals surface area contributed by atoms with E-state index in [9.17, 15) is 8.42 Å². The Morgan fingerprint density at radius 2 is 2.11 bits per heavy atom. The summed E-state index contributed by atoms with van der Waals surface area (Å²) in [6.07, 6.45) is 2.81. The van der Waals surface area contributed by atoms with E-state index in [-0.39, 0.29) is 17.0 Å². The SMILES string of the molecule is Cc1cc(Cl)ccc1S(=O)(=O)NCC1(N)CCC1. The molecule has 0 heterocycles. The number of nitrogens with two attached hydrogens (primary N) is 1. The van der Waals surface area contributed by atoms with E-state index in [1.165, 1.54) is 6.07 Å². The van der Waals surface area contributed by atoms with Gasteiger partial charge in [0.25, 0.3) is 0 Å². The van der Waals surface area contributed by atoms with Crippen molar-refractivity contribution in [3.63, 3.8) is 0 Å². The first-order valence-electron chi connectivity index (χ1n) is 5.87. The van der Waals surface area contributed by atoms with Crippen molar-refractivity contribution in [3.8, 4) is 0 Å². The smallest absolute Gasteiger partial charge is 0.240 e. The largest absolute Gasteiger partial charge is 0.324 e. The molecule has 1 aromatic rings. The number of halogens is 1. The lowest BCUT2D eigenvalue weighted by Crippen LogP contribution is -2.54. The molecule has 0 unspecified atom stereocenters. The summed E-state index contributed by atoms with van der Waals surface area (Å²) in [5.41, 5.74) is 6.27. The number of hydrogen-bond donors (Lipinski definition) is 2. The van der Waals surface area contributed by atoms with Crippen molar-refractivity contribution >= 4 is 21.6 Å². The standard InChI is InChI=1S/C12H17ClN2O2S/c1-9-7-10(13)3-4-11(9)18(16,17)15-8-12(14)5-2-6-12/h3-4,7,15H,2,5-6,8,14H2,1H3. The maximum atomic E-state index is 12.1. The lowest BCUT2D eigenvalue weighted by Gasteiger charge is -2.38. The molecule has 0 bridgehead atoms. The first kappa shape index (κ1) is 13.8. The monoisotopic (exact) mass is 288 g/mol. The quantitative estimate of drug-likeness (QED) is 0.887. The van der Waals surface area contributed by atoms with Gasteiger partial charge in [-0.2, -0.15) is 0 Å². The van der Waals surface area contributed by atoms with Crippen LogP contribution in [0, 0.1) is 6.92 Å². The van der Waals surface area contributed by atoms with Gasteiger partial charge in [-0.3, -0.25) is 0 Å². The Labute approximate surface area is 113 Å². The molecule has 4 nitrogen and oxygen atoms in total. The van der Waals surface area contributed by atoms with Crippen LogP contribution in [0.2, 0.25) is 5.02 Å². The summed E-state index contributed by atoms with van der Waals surface area (Å²) in [6, 6.07) is 4.73. The maximum Gasteiger partial charge on any atom is 0.240 e. The third-order valence-corrected chi connectivity index (χ3v) is 5.19. The predicted octanol–water partition coefficient (Wildman–Crippen LogP) is 1.81. The van der Waals surface area contributed by atoms with Crippen LogP contribution in [0.25, 0.3) is 0 Å². The molecule has 0 spiro atoms. The summed E-state index contributed by atoms with van der Waals surface area (Å²) in [7, 11) is -3.51. The molecule has 6 heteroatoms. The van der Waals surface area contributed by atoms with Crippen LogP contribution < -0.4 is 10.5 Å². The van der Waals surface area contributed by atoms with Crippen LogP contribution in [0.4, 0.5) is 0 Å². The number of rotatable bonds is 4. The highest BCUT2D eigenvalue weighted by atomic mass is 35.5. The molecule has 0 amide bonds. The molecule has 2 rings (SSSR count). The summed E-state index contributed by atoms with van der Waals surface area (Å²) in [5, 5.41) is 0.528. The van der Waals surface area contributed by atoms with E-state index in [0.717, 1.165) is 19.3 Å². The number of nitrogens with one attached hydrogen (secondary N) is 1. The van der Waals surface area contributed by atoms with Gasteiger partial charge in [0.2, 0.25) is 10.0 Å². The van der Waals surface area contributed by atoms with Crippen molar-refractivity contribution in [2.45, 2.75) is 36.6 Å². The van der Waals surface area contributed by atoms with Crippen LogP contribution in [0.5, 0.6) is 0 Å². The van der Waals surface area contributed by atoms with Gasteiger partial charge in [-0.1, -0.05) is 11.6 Å². The normalized spacial score (nSPS) is 18.4. The molecule has 100 valence electrons. The molecular weight excluding hydrogens is 272 g/mol. The average molecular weight is 289 g/mol.